The van der Waals surface area contributed by atoms with Gasteiger partial charge in [-0.25, -0.2) is 4.98 Å². The van der Waals surface area contributed by atoms with Gasteiger partial charge in [0.2, 0.25) is 5.95 Å². The summed E-state index contributed by atoms with van der Waals surface area (Å²) in [5, 5.41) is 2.76. The van der Waals surface area contributed by atoms with Gasteiger partial charge in [0, 0.05) is 18.3 Å². The third-order valence-corrected chi connectivity index (χ3v) is 3.79. The normalized spacial score (nSPS) is 11.8. The number of alkyl halides is 3. The predicted octanol–water partition coefficient (Wildman–Crippen LogP) is 3.76. The molecule has 2 rings (SSSR count). The van der Waals surface area contributed by atoms with E-state index in [0.29, 0.717) is 23.5 Å². The van der Waals surface area contributed by atoms with Crippen molar-refractivity contribution in [1.29, 1.82) is 0 Å². The Morgan fingerprint density at radius 3 is 2.64 bits per heavy atom. The Balaban J connectivity index is 2.33. The van der Waals surface area contributed by atoms with Crippen LogP contribution in [0.2, 0.25) is 5.02 Å². The summed E-state index contributed by atoms with van der Waals surface area (Å²) in [6.45, 7) is 1.46. The van der Waals surface area contributed by atoms with E-state index in [4.69, 9.17) is 17.3 Å². The first kappa shape index (κ1) is 19.3. The Morgan fingerprint density at radius 1 is 1.28 bits per heavy atom. The number of benzene rings is 1. The molecule has 0 atom stereocenters. The molecule has 0 saturated heterocycles. The van der Waals surface area contributed by atoms with Crippen LogP contribution >= 0.6 is 11.6 Å². The average Bonchev–Trinajstić information content (AvgIpc) is 2.51. The zero-order chi connectivity index (χ0) is 18.6. The molecule has 5 nitrogen and oxygen atoms in total. The van der Waals surface area contributed by atoms with Crippen LogP contribution in [0, 0.1) is 0 Å². The molecule has 1 aromatic heterocycles. The Hall–Kier alpha value is -2.06. The zero-order valence-electron chi connectivity index (χ0n) is 13.9. The minimum absolute atomic E-state index is 0.0452. The number of aromatic nitrogens is 2. The highest BCUT2D eigenvalue weighted by Crippen LogP contribution is 2.38. The molecular weight excluding hydrogens is 355 g/mol. The van der Waals surface area contributed by atoms with Crippen LogP contribution in [0.5, 0.6) is 0 Å². The minimum Gasteiger partial charge on any atom is -0.369 e. The molecule has 0 saturated carbocycles. The van der Waals surface area contributed by atoms with E-state index in [9.17, 15) is 13.2 Å². The summed E-state index contributed by atoms with van der Waals surface area (Å²) in [6.07, 6.45) is -2.30. The zero-order valence-corrected chi connectivity index (χ0v) is 14.6. The lowest BCUT2D eigenvalue weighted by molar-refractivity contribution is -0.137. The minimum atomic E-state index is -4.54. The summed E-state index contributed by atoms with van der Waals surface area (Å²) < 4.78 is 39.2. The van der Waals surface area contributed by atoms with E-state index < -0.39 is 11.7 Å². The Morgan fingerprint density at radius 2 is 2.00 bits per heavy atom. The summed E-state index contributed by atoms with van der Waals surface area (Å²) in [5.74, 6) is 0.436. The number of nitrogens with zero attached hydrogens (tertiary/aromatic N) is 3. The van der Waals surface area contributed by atoms with Crippen LogP contribution in [0.4, 0.5) is 24.9 Å². The van der Waals surface area contributed by atoms with Crippen molar-refractivity contribution in [2.75, 3.05) is 38.2 Å². The Labute approximate surface area is 149 Å². The smallest absolute Gasteiger partial charge is 0.369 e. The van der Waals surface area contributed by atoms with Gasteiger partial charge in [0.15, 0.2) is 0 Å². The number of nitrogen functional groups attached to an aromatic ring is 1. The van der Waals surface area contributed by atoms with E-state index in [1.54, 1.807) is 0 Å². The summed E-state index contributed by atoms with van der Waals surface area (Å²) in [7, 11) is 3.92. The number of halogens is 4. The number of anilines is 2. The second kappa shape index (κ2) is 7.88. The second-order valence-electron chi connectivity index (χ2n) is 5.77. The molecule has 0 aliphatic heterocycles. The van der Waals surface area contributed by atoms with Crippen LogP contribution in [-0.2, 0) is 6.18 Å². The van der Waals surface area contributed by atoms with Gasteiger partial charge in [0.25, 0.3) is 0 Å². The van der Waals surface area contributed by atoms with E-state index in [2.05, 4.69) is 15.3 Å². The quantitative estimate of drug-likeness (QED) is 0.755. The van der Waals surface area contributed by atoms with E-state index in [1.165, 1.54) is 18.3 Å². The maximum absolute atomic E-state index is 13.1. The third kappa shape index (κ3) is 5.20. The molecule has 0 aliphatic carbocycles. The molecule has 1 heterocycles. The molecule has 0 fully saturated rings. The number of hydrogen-bond acceptors (Lipinski definition) is 5. The molecule has 0 amide bonds. The Bertz CT molecular complexity index is 734. The van der Waals surface area contributed by atoms with Crippen molar-refractivity contribution in [1.82, 2.24) is 14.9 Å². The van der Waals surface area contributed by atoms with Crippen LogP contribution in [-0.4, -0.2) is 42.1 Å². The van der Waals surface area contributed by atoms with Gasteiger partial charge in [0.1, 0.15) is 5.82 Å². The lowest BCUT2D eigenvalue weighted by Gasteiger charge is -2.15. The molecule has 0 radical (unpaired) electrons. The predicted molar refractivity (Wildman–Crippen MR) is 93.6 cm³/mol. The molecule has 2 aromatic rings. The van der Waals surface area contributed by atoms with E-state index >= 15 is 0 Å². The number of nitrogens with two attached hydrogens (primary N) is 1. The molecule has 0 unspecified atom stereocenters. The van der Waals surface area contributed by atoms with Crippen molar-refractivity contribution < 1.29 is 13.2 Å². The molecule has 0 spiro atoms. The third-order valence-electron chi connectivity index (χ3n) is 3.46. The fourth-order valence-electron chi connectivity index (χ4n) is 2.25. The fraction of sp³-hybridized carbons (Fsp3) is 0.375. The fourth-order valence-corrected chi connectivity index (χ4v) is 2.48. The van der Waals surface area contributed by atoms with Gasteiger partial charge in [-0.2, -0.15) is 18.2 Å². The lowest BCUT2D eigenvalue weighted by atomic mass is 10.0. The maximum atomic E-state index is 13.1. The lowest BCUT2D eigenvalue weighted by Crippen LogP contribution is -2.17. The molecule has 1 aromatic carbocycles. The van der Waals surface area contributed by atoms with Crippen LogP contribution in [0.3, 0.4) is 0 Å². The van der Waals surface area contributed by atoms with Gasteiger partial charge in [-0.15, -0.1) is 0 Å². The van der Waals surface area contributed by atoms with Crippen LogP contribution in [0.1, 0.15) is 12.0 Å². The van der Waals surface area contributed by atoms with Gasteiger partial charge in [0.05, 0.1) is 10.6 Å². The second-order valence-corrected chi connectivity index (χ2v) is 6.17. The van der Waals surface area contributed by atoms with Gasteiger partial charge in [-0.3, -0.25) is 0 Å². The van der Waals surface area contributed by atoms with Crippen molar-refractivity contribution in [3.63, 3.8) is 0 Å². The highest BCUT2D eigenvalue weighted by molar-refractivity contribution is 6.31. The van der Waals surface area contributed by atoms with Gasteiger partial charge in [-0.05, 0) is 44.8 Å². The van der Waals surface area contributed by atoms with Gasteiger partial charge in [-0.1, -0.05) is 17.7 Å². The largest absolute Gasteiger partial charge is 0.417 e. The first-order chi connectivity index (χ1) is 11.7. The van der Waals surface area contributed by atoms with Crippen LogP contribution in [0.25, 0.3) is 11.1 Å². The number of rotatable bonds is 6. The van der Waals surface area contributed by atoms with E-state index in [1.807, 2.05) is 19.0 Å². The van der Waals surface area contributed by atoms with E-state index in [0.717, 1.165) is 19.0 Å². The average molecular weight is 374 g/mol. The van der Waals surface area contributed by atoms with Crippen molar-refractivity contribution >= 4 is 23.4 Å². The first-order valence-corrected chi connectivity index (χ1v) is 7.94. The number of hydrogen-bond donors (Lipinski definition) is 2. The van der Waals surface area contributed by atoms with Crippen LogP contribution in [0.15, 0.2) is 24.4 Å². The van der Waals surface area contributed by atoms with Gasteiger partial charge >= 0.3 is 6.18 Å². The highest BCUT2D eigenvalue weighted by atomic mass is 35.5. The molecule has 0 bridgehead atoms. The molecule has 25 heavy (non-hydrogen) atoms. The molecule has 9 heteroatoms. The molecule has 3 N–H and O–H groups in total. The van der Waals surface area contributed by atoms with Crippen LogP contribution < -0.4 is 11.1 Å². The summed E-state index contributed by atoms with van der Waals surface area (Å²) in [5.41, 5.74) is 5.45. The highest BCUT2D eigenvalue weighted by Gasteiger charge is 2.33. The molecule has 136 valence electrons. The standard InChI is InChI=1S/C16H19ClF3N5/c1-25(2)7-3-6-22-14-11(9-23-15(21)24-14)10-4-5-13(17)12(8-10)16(18,19)20/h4-5,8-9H,3,6-7H2,1-2H3,(H3,21,22,23,24). The van der Waals surface area contributed by atoms with Gasteiger partial charge < -0.3 is 16.0 Å². The van der Waals surface area contributed by atoms with Crippen molar-refractivity contribution in [2.45, 2.75) is 12.6 Å². The maximum Gasteiger partial charge on any atom is 0.417 e. The van der Waals surface area contributed by atoms with Crippen molar-refractivity contribution in [2.24, 2.45) is 0 Å². The first-order valence-electron chi connectivity index (χ1n) is 7.56. The number of nitrogens with one attached hydrogen (secondary N) is 1. The van der Waals surface area contributed by atoms with Crippen molar-refractivity contribution in [3.8, 4) is 11.1 Å². The Kier molecular flexibility index (Phi) is 6.07. The molecular formula is C16H19ClF3N5. The monoisotopic (exact) mass is 373 g/mol. The summed E-state index contributed by atoms with van der Waals surface area (Å²) in [4.78, 5) is 10.0. The summed E-state index contributed by atoms with van der Waals surface area (Å²) in [6, 6.07) is 3.70. The topological polar surface area (TPSA) is 67.1 Å². The molecule has 0 aliphatic rings. The SMILES string of the molecule is CN(C)CCCNc1nc(N)ncc1-c1ccc(Cl)c(C(F)(F)F)c1. The van der Waals surface area contributed by atoms with Crippen molar-refractivity contribution in [3.05, 3.63) is 35.0 Å². The summed E-state index contributed by atoms with van der Waals surface area (Å²) >= 11 is 5.67. The van der Waals surface area contributed by atoms with E-state index in [-0.39, 0.29) is 11.0 Å².